The Balaban J connectivity index is 1.90. The SMILES string of the molecule is COCCOc1cccc(NCC(=O)Nc2cc(Cl)c(Cl)cc2Cl)c1. The van der Waals surface area contributed by atoms with Gasteiger partial charge >= 0.3 is 0 Å². The molecule has 0 bridgehead atoms. The first-order chi connectivity index (χ1) is 12.0. The van der Waals surface area contributed by atoms with Gasteiger partial charge in [-0.05, 0) is 24.3 Å². The first kappa shape index (κ1) is 19.7. The van der Waals surface area contributed by atoms with Crippen molar-refractivity contribution in [2.24, 2.45) is 0 Å². The molecule has 5 nitrogen and oxygen atoms in total. The summed E-state index contributed by atoms with van der Waals surface area (Å²) in [4.78, 5) is 12.1. The Hall–Kier alpha value is -1.66. The summed E-state index contributed by atoms with van der Waals surface area (Å²) in [5.74, 6) is 0.418. The highest BCUT2D eigenvalue weighted by atomic mass is 35.5. The fraction of sp³-hybridized carbons (Fsp3) is 0.235. The van der Waals surface area contributed by atoms with Crippen molar-refractivity contribution in [2.75, 3.05) is 37.5 Å². The molecule has 0 radical (unpaired) electrons. The monoisotopic (exact) mass is 402 g/mol. The van der Waals surface area contributed by atoms with Gasteiger partial charge in [-0.1, -0.05) is 40.9 Å². The summed E-state index contributed by atoms with van der Waals surface area (Å²) in [6.45, 7) is 1.01. The summed E-state index contributed by atoms with van der Waals surface area (Å²) in [5, 5.41) is 6.65. The molecule has 134 valence electrons. The lowest BCUT2D eigenvalue weighted by Gasteiger charge is -2.11. The number of carbonyl (C=O) groups is 1. The Kier molecular flexibility index (Phi) is 7.65. The molecule has 0 fully saturated rings. The zero-order valence-electron chi connectivity index (χ0n) is 13.4. The molecule has 2 rings (SSSR count). The third kappa shape index (κ3) is 6.29. The summed E-state index contributed by atoms with van der Waals surface area (Å²) >= 11 is 17.8. The van der Waals surface area contributed by atoms with E-state index in [-0.39, 0.29) is 12.5 Å². The first-order valence-corrected chi connectivity index (χ1v) is 8.53. The molecule has 2 N–H and O–H groups in total. The van der Waals surface area contributed by atoms with Crippen LogP contribution in [-0.4, -0.2) is 32.8 Å². The molecule has 0 spiro atoms. The number of nitrogens with one attached hydrogen (secondary N) is 2. The second-order valence-electron chi connectivity index (χ2n) is 5.02. The van der Waals surface area contributed by atoms with Gasteiger partial charge in [0, 0.05) is 18.9 Å². The highest BCUT2D eigenvalue weighted by molar-refractivity contribution is 6.44. The number of ether oxygens (including phenoxy) is 2. The first-order valence-electron chi connectivity index (χ1n) is 7.39. The lowest BCUT2D eigenvalue weighted by atomic mass is 10.3. The number of carbonyl (C=O) groups excluding carboxylic acids is 1. The Labute approximate surface area is 161 Å². The molecular weight excluding hydrogens is 387 g/mol. The molecule has 2 aromatic rings. The molecule has 0 unspecified atom stereocenters. The Bertz CT molecular complexity index is 741. The van der Waals surface area contributed by atoms with E-state index in [0.29, 0.717) is 39.7 Å². The van der Waals surface area contributed by atoms with Crippen molar-refractivity contribution in [3.8, 4) is 5.75 Å². The molecule has 0 saturated carbocycles. The third-order valence-electron chi connectivity index (χ3n) is 3.13. The molecular formula is C17H17Cl3N2O3. The molecule has 0 atom stereocenters. The number of anilines is 2. The van der Waals surface area contributed by atoms with E-state index < -0.39 is 0 Å². The Morgan fingerprint density at radius 2 is 1.80 bits per heavy atom. The van der Waals surface area contributed by atoms with Crippen LogP contribution in [0.4, 0.5) is 11.4 Å². The van der Waals surface area contributed by atoms with Crippen LogP contribution in [-0.2, 0) is 9.53 Å². The average molecular weight is 404 g/mol. The highest BCUT2D eigenvalue weighted by Gasteiger charge is 2.09. The van der Waals surface area contributed by atoms with Gasteiger partial charge in [0.15, 0.2) is 0 Å². The number of halogens is 3. The van der Waals surface area contributed by atoms with Crippen molar-refractivity contribution in [3.05, 3.63) is 51.5 Å². The predicted octanol–water partition coefficient (Wildman–Crippen LogP) is 4.72. The van der Waals surface area contributed by atoms with Crippen LogP contribution in [0.1, 0.15) is 0 Å². The highest BCUT2D eigenvalue weighted by Crippen LogP contribution is 2.32. The van der Waals surface area contributed by atoms with Crippen molar-refractivity contribution < 1.29 is 14.3 Å². The van der Waals surface area contributed by atoms with Crippen LogP contribution < -0.4 is 15.4 Å². The second-order valence-corrected chi connectivity index (χ2v) is 6.24. The van der Waals surface area contributed by atoms with E-state index in [9.17, 15) is 4.79 Å². The fourth-order valence-corrected chi connectivity index (χ4v) is 2.53. The van der Waals surface area contributed by atoms with Crippen LogP contribution in [0, 0.1) is 0 Å². The van der Waals surface area contributed by atoms with Crippen molar-refractivity contribution >= 4 is 52.1 Å². The average Bonchev–Trinajstić information content (AvgIpc) is 2.58. The standard InChI is InChI=1S/C17H17Cl3N2O3/c1-24-5-6-25-12-4-2-3-11(7-12)21-10-17(23)22-16-9-14(19)13(18)8-15(16)20/h2-4,7-9,21H,5-6,10H2,1H3,(H,22,23). The second kappa shape index (κ2) is 9.73. The van der Waals surface area contributed by atoms with Crippen LogP contribution in [0.25, 0.3) is 0 Å². The van der Waals surface area contributed by atoms with Crippen molar-refractivity contribution in [1.29, 1.82) is 0 Å². The van der Waals surface area contributed by atoms with Crippen LogP contribution in [0.15, 0.2) is 36.4 Å². The van der Waals surface area contributed by atoms with E-state index >= 15 is 0 Å². The van der Waals surface area contributed by atoms with Crippen molar-refractivity contribution in [3.63, 3.8) is 0 Å². The normalized spacial score (nSPS) is 10.4. The quantitative estimate of drug-likeness (QED) is 0.494. The predicted molar refractivity (Wildman–Crippen MR) is 102 cm³/mol. The number of hydrogen-bond acceptors (Lipinski definition) is 4. The minimum atomic E-state index is -0.272. The zero-order valence-corrected chi connectivity index (χ0v) is 15.7. The van der Waals surface area contributed by atoms with Crippen LogP contribution >= 0.6 is 34.8 Å². The molecule has 25 heavy (non-hydrogen) atoms. The summed E-state index contributed by atoms with van der Waals surface area (Å²) in [7, 11) is 1.61. The third-order valence-corrected chi connectivity index (χ3v) is 4.16. The van der Waals surface area contributed by atoms with E-state index in [1.54, 1.807) is 13.2 Å². The lowest BCUT2D eigenvalue weighted by Crippen LogP contribution is -2.22. The number of benzene rings is 2. The minimum absolute atomic E-state index is 0.0537. The van der Waals surface area contributed by atoms with Gasteiger partial charge in [0.25, 0.3) is 0 Å². The summed E-state index contributed by atoms with van der Waals surface area (Å²) in [6, 6.07) is 10.3. The summed E-state index contributed by atoms with van der Waals surface area (Å²) in [5.41, 5.74) is 1.16. The van der Waals surface area contributed by atoms with Crippen molar-refractivity contribution in [2.45, 2.75) is 0 Å². The maximum atomic E-state index is 12.1. The molecule has 0 aliphatic heterocycles. The number of methoxy groups -OCH3 is 1. The van der Waals surface area contributed by atoms with E-state index in [0.717, 1.165) is 5.69 Å². The lowest BCUT2D eigenvalue weighted by molar-refractivity contribution is -0.114. The van der Waals surface area contributed by atoms with Gasteiger partial charge in [-0.2, -0.15) is 0 Å². The number of rotatable bonds is 8. The van der Waals surface area contributed by atoms with Gasteiger partial charge in [0.05, 0.1) is 33.9 Å². The van der Waals surface area contributed by atoms with Gasteiger partial charge in [-0.25, -0.2) is 0 Å². The van der Waals surface area contributed by atoms with E-state index in [4.69, 9.17) is 44.3 Å². The topological polar surface area (TPSA) is 59.6 Å². The smallest absolute Gasteiger partial charge is 0.243 e. The minimum Gasteiger partial charge on any atom is -0.491 e. The van der Waals surface area contributed by atoms with Gasteiger partial charge in [0.1, 0.15) is 12.4 Å². The Morgan fingerprint density at radius 1 is 1.04 bits per heavy atom. The summed E-state index contributed by atoms with van der Waals surface area (Å²) in [6.07, 6.45) is 0. The molecule has 0 heterocycles. The molecule has 0 aromatic heterocycles. The fourth-order valence-electron chi connectivity index (χ4n) is 1.93. The van der Waals surface area contributed by atoms with Gasteiger partial charge < -0.3 is 20.1 Å². The molecule has 1 amide bonds. The molecule has 0 aliphatic carbocycles. The van der Waals surface area contributed by atoms with Crippen LogP contribution in [0.2, 0.25) is 15.1 Å². The largest absolute Gasteiger partial charge is 0.491 e. The van der Waals surface area contributed by atoms with E-state index in [1.165, 1.54) is 12.1 Å². The van der Waals surface area contributed by atoms with E-state index in [1.807, 2.05) is 18.2 Å². The zero-order chi connectivity index (χ0) is 18.2. The summed E-state index contributed by atoms with van der Waals surface area (Å²) < 4.78 is 10.5. The van der Waals surface area contributed by atoms with Gasteiger partial charge in [-0.15, -0.1) is 0 Å². The molecule has 0 aliphatic rings. The maximum Gasteiger partial charge on any atom is 0.243 e. The van der Waals surface area contributed by atoms with E-state index in [2.05, 4.69) is 10.6 Å². The van der Waals surface area contributed by atoms with Gasteiger partial charge in [-0.3, -0.25) is 4.79 Å². The van der Waals surface area contributed by atoms with Gasteiger partial charge in [0.2, 0.25) is 5.91 Å². The number of amides is 1. The Morgan fingerprint density at radius 3 is 2.56 bits per heavy atom. The molecule has 2 aromatic carbocycles. The molecule has 8 heteroatoms. The maximum absolute atomic E-state index is 12.1. The van der Waals surface area contributed by atoms with Crippen molar-refractivity contribution in [1.82, 2.24) is 0 Å². The number of hydrogen-bond donors (Lipinski definition) is 2. The van der Waals surface area contributed by atoms with Crippen LogP contribution in [0.3, 0.4) is 0 Å². The molecule has 0 saturated heterocycles. The van der Waals surface area contributed by atoms with Crippen LogP contribution in [0.5, 0.6) is 5.75 Å².